The molecule has 0 N–H and O–H groups in total. The topological polar surface area (TPSA) is 55.4 Å². The van der Waals surface area contributed by atoms with E-state index in [9.17, 15) is 0 Å². The zero-order valence-corrected chi connectivity index (χ0v) is 13.3. The minimum atomic E-state index is -0.104. The average Bonchev–Trinajstić information content (AvgIpc) is 2.48. The Balaban J connectivity index is 3.89. The van der Waals surface area contributed by atoms with Crippen molar-refractivity contribution in [1.29, 1.82) is 0 Å². The lowest BCUT2D eigenvalue weighted by Crippen LogP contribution is -2.31. The largest absolute Gasteiger partial charge is 0.382 e. The van der Waals surface area contributed by atoms with Gasteiger partial charge in [0.2, 0.25) is 0 Å². The van der Waals surface area contributed by atoms with Gasteiger partial charge in [-0.1, -0.05) is 6.92 Å². The molecule has 0 aromatic rings. The fourth-order valence-corrected chi connectivity index (χ4v) is 1.45. The number of methoxy groups -OCH3 is 3. The highest BCUT2D eigenvalue weighted by atomic mass is 16.6. The lowest BCUT2D eigenvalue weighted by atomic mass is 10.3. The van der Waals surface area contributed by atoms with Crippen molar-refractivity contribution in [3.63, 3.8) is 0 Å². The summed E-state index contributed by atoms with van der Waals surface area (Å²) in [6, 6.07) is 0. The number of ether oxygens (including phenoxy) is 6. The van der Waals surface area contributed by atoms with Crippen molar-refractivity contribution in [1.82, 2.24) is 0 Å². The third-order valence-corrected chi connectivity index (χ3v) is 2.78. The van der Waals surface area contributed by atoms with Crippen molar-refractivity contribution >= 4 is 0 Å². The summed E-state index contributed by atoms with van der Waals surface area (Å²) in [7, 11) is 4.99. The lowest BCUT2D eigenvalue weighted by Gasteiger charge is -2.21. The van der Waals surface area contributed by atoms with Crippen molar-refractivity contribution in [2.45, 2.75) is 25.6 Å². The van der Waals surface area contributed by atoms with E-state index >= 15 is 0 Å². The summed E-state index contributed by atoms with van der Waals surface area (Å²) in [4.78, 5) is 0. The van der Waals surface area contributed by atoms with Crippen LogP contribution in [0.4, 0.5) is 0 Å². The molecule has 0 aliphatic carbocycles. The first kappa shape index (κ1) is 19.8. The number of rotatable bonds is 15. The van der Waals surface area contributed by atoms with E-state index in [1.54, 1.807) is 21.3 Å². The van der Waals surface area contributed by atoms with Crippen molar-refractivity contribution in [2.75, 3.05) is 67.6 Å². The van der Waals surface area contributed by atoms with Gasteiger partial charge >= 0.3 is 0 Å². The van der Waals surface area contributed by atoms with Crippen LogP contribution in [0.1, 0.15) is 13.3 Å². The molecule has 0 radical (unpaired) electrons. The van der Waals surface area contributed by atoms with E-state index in [2.05, 4.69) is 6.92 Å². The third kappa shape index (κ3) is 11.6. The number of hydrogen-bond donors (Lipinski definition) is 0. The second-order valence-corrected chi connectivity index (χ2v) is 4.36. The van der Waals surface area contributed by atoms with Crippen LogP contribution in [0, 0.1) is 0 Å². The van der Waals surface area contributed by atoms with Gasteiger partial charge in [-0.15, -0.1) is 0 Å². The second-order valence-electron chi connectivity index (χ2n) is 4.36. The van der Waals surface area contributed by atoms with Gasteiger partial charge in [-0.25, -0.2) is 0 Å². The van der Waals surface area contributed by atoms with Gasteiger partial charge in [-0.2, -0.15) is 0 Å². The maximum absolute atomic E-state index is 5.79. The molecule has 0 fully saturated rings. The Hall–Kier alpha value is -0.240. The predicted octanol–water partition coefficient (Wildman–Crippen LogP) is 1.12. The molecule has 0 aromatic carbocycles. The van der Waals surface area contributed by atoms with Gasteiger partial charge < -0.3 is 28.4 Å². The summed E-state index contributed by atoms with van der Waals surface area (Å²) in [6.45, 7) is 5.83. The smallest absolute Gasteiger partial charge is 0.104 e. The van der Waals surface area contributed by atoms with Crippen molar-refractivity contribution in [2.24, 2.45) is 0 Å². The van der Waals surface area contributed by atoms with E-state index < -0.39 is 0 Å². The van der Waals surface area contributed by atoms with Crippen LogP contribution in [0.25, 0.3) is 0 Å². The van der Waals surface area contributed by atoms with Gasteiger partial charge in [0.15, 0.2) is 0 Å². The Morgan fingerprint density at radius 1 is 0.700 bits per heavy atom. The van der Waals surface area contributed by atoms with E-state index in [1.165, 1.54) is 0 Å². The molecule has 0 spiro atoms. The first-order valence-electron chi connectivity index (χ1n) is 7.06. The minimum Gasteiger partial charge on any atom is -0.382 e. The molecule has 0 saturated heterocycles. The highest BCUT2D eigenvalue weighted by molar-refractivity contribution is 4.59. The molecule has 6 heteroatoms. The van der Waals surface area contributed by atoms with Crippen LogP contribution in [0.3, 0.4) is 0 Å². The molecule has 0 aliphatic heterocycles. The Morgan fingerprint density at radius 2 is 1.25 bits per heavy atom. The standard InChI is InChI=1S/C14H30O6/c1-5-13(17-4)12-20-14(10-18-8-6-15-2)11-19-9-7-16-3/h13-14H,5-12H2,1-4H3. The first-order valence-corrected chi connectivity index (χ1v) is 7.06. The fourth-order valence-electron chi connectivity index (χ4n) is 1.45. The molecular weight excluding hydrogens is 264 g/mol. The molecule has 1 atom stereocenters. The normalized spacial score (nSPS) is 13.1. The summed E-state index contributed by atoms with van der Waals surface area (Å²) >= 11 is 0. The molecule has 20 heavy (non-hydrogen) atoms. The zero-order valence-electron chi connectivity index (χ0n) is 13.3. The van der Waals surface area contributed by atoms with E-state index in [0.29, 0.717) is 46.2 Å². The average molecular weight is 294 g/mol. The van der Waals surface area contributed by atoms with Crippen molar-refractivity contribution < 1.29 is 28.4 Å². The second kappa shape index (κ2) is 15.2. The predicted molar refractivity (Wildman–Crippen MR) is 76.2 cm³/mol. The molecule has 122 valence electrons. The van der Waals surface area contributed by atoms with Gasteiger partial charge in [-0.3, -0.25) is 0 Å². The lowest BCUT2D eigenvalue weighted by molar-refractivity contribution is -0.0937. The van der Waals surface area contributed by atoms with E-state index in [-0.39, 0.29) is 12.2 Å². The van der Waals surface area contributed by atoms with Crippen LogP contribution in [-0.4, -0.2) is 79.8 Å². The Morgan fingerprint density at radius 3 is 1.65 bits per heavy atom. The molecule has 0 rings (SSSR count). The van der Waals surface area contributed by atoms with Crippen LogP contribution in [0.2, 0.25) is 0 Å². The molecule has 0 heterocycles. The zero-order chi connectivity index (χ0) is 15.1. The van der Waals surface area contributed by atoms with Crippen LogP contribution in [0.15, 0.2) is 0 Å². The number of hydrogen-bond acceptors (Lipinski definition) is 6. The van der Waals surface area contributed by atoms with Gasteiger partial charge in [0.1, 0.15) is 6.10 Å². The summed E-state index contributed by atoms with van der Waals surface area (Å²) in [6.07, 6.45) is 0.918. The summed E-state index contributed by atoms with van der Waals surface area (Å²) < 4.78 is 31.9. The monoisotopic (exact) mass is 294 g/mol. The maximum atomic E-state index is 5.79. The molecule has 0 aliphatic rings. The molecule has 0 saturated carbocycles. The SMILES string of the molecule is CCC(COC(COCCOC)COCCOC)OC. The van der Waals surface area contributed by atoms with Crippen LogP contribution in [0.5, 0.6) is 0 Å². The molecule has 0 aromatic heterocycles. The maximum Gasteiger partial charge on any atom is 0.104 e. The van der Waals surface area contributed by atoms with E-state index in [0.717, 1.165) is 6.42 Å². The van der Waals surface area contributed by atoms with Gasteiger partial charge in [-0.05, 0) is 6.42 Å². The van der Waals surface area contributed by atoms with Crippen LogP contribution < -0.4 is 0 Å². The van der Waals surface area contributed by atoms with Crippen molar-refractivity contribution in [3.05, 3.63) is 0 Å². The summed E-state index contributed by atoms with van der Waals surface area (Å²) in [5, 5.41) is 0. The summed E-state index contributed by atoms with van der Waals surface area (Å²) in [5.41, 5.74) is 0. The summed E-state index contributed by atoms with van der Waals surface area (Å²) in [5.74, 6) is 0. The van der Waals surface area contributed by atoms with E-state index in [1.807, 2.05) is 0 Å². The molecule has 1 unspecified atom stereocenters. The molecule has 0 amide bonds. The molecular formula is C14H30O6. The quantitative estimate of drug-likeness (QED) is 0.422. The van der Waals surface area contributed by atoms with Gasteiger partial charge in [0, 0.05) is 21.3 Å². The first-order chi connectivity index (χ1) is 9.78. The van der Waals surface area contributed by atoms with Crippen molar-refractivity contribution in [3.8, 4) is 0 Å². The molecule has 6 nitrogen and oxygen atoms in total. The van der Waals surface area contributed by atoms with E-state index in [4.69, 9.17) is 28.4 Å². The Kier molecular flexibility index (Phi) is 15.0. The fraction of sp³-hybridized carbons (Fsp3) is 1.00. The van der Waals surface area contributed by atoms with Gasteiger partial charge in [0.25, 0.3) is 0 Å². The minimum absolute atomic E-state index is 0.104. The van der Waals surface area contributed by atoms with Crippen LogP contribution in [-0.2, 0) is 28.4 Å². The highest BCUT2D eigenvalue weighted by Gasteiger charge is 2.13. The molecule has 0 bridgehead atoms. The van der Waals surface area contributed by atoms with Crippen LogP contribution >= 0.6 is 0 Å². The highest BCUT2D eigenvalue weighted by Crippen LogP contribution is 2.02. The van der Waals surface area contributed by atoms with Gasteiger partial charge in [0.05, 0.1) is 52.4 Å². The Labute approximate surface area is 122 Å². The third-order valence-electron chi connectivity index (χ3n) is 2.78. The Bertz CT molecular complexity index is 175.